The summed E-state index contributed by atoms with van der Waals surface area (Å²) in [6, 6.07) is 16.2. The maximum atomic E-state index is 14.9. The number of benzene rings is 2. The third-order valence-electron chi connectivity index (χ3n) is 6.34. The van der Waals surface area contributed by atoms with Crippen LogP contribution in [0.1, 0.15) is 23.1 Å². The summed E-state index contributed by atoms with van der Waals surface area (Å²) < 4.78 is 28.5. The number of para-hydroxylation sites is 1. The number of aromatic amines is 2. The number of pyridine rings is 1. The highest BCUT2D eigenvalue weighted by atomic mass is 19.1. The van der Waals surface area contributed by atoms with Crippen LogP contribution >= 0.6 is 0 Å². The van der Waals surface area contributed by atoms with Crippen molar-refractivity contribution in [1.29, 1.82) is 0 Å². The monoisotopic (exact) mass is 486 g/mol. The molecule has 3 N–H and O–H groups in total. The van der Waals surface area contributed by atoms with Crippen LogP contribution in [0.4, 0.5) is 10.1 Å². The Labute approximate surface area is 204 Å². The van der Waals surface area contributed by atoms with Crippen molar-refractivity contribution < 1.29 is 13.9 Å². The van der Waals surface area contributed by atoms with Crippen molar-refractivity contribution in [3.63, 3.8) is 0 Å². The molecule has 2 aromatic carbocycles. The summed E-state index contributed by atoms with van der Waals surface area (Å²) in [5.74, 6) is -0.206. The van der Waals surface area contributed by atoms with Crippen LogP contribution in [0.2, 0.25) is 0 Å². The number of imidazole rings is 1. The van der Waals surface area contributed by atoms with Gasteiger partial charge in [-0.2, -0.15) is 5.10 Å². The van der Waals surface area contributed by atoms with E-state index in [0.717, 1.165) is 22.6 Å². The topological polar surface area (TPSA) is 110 Å². The number of nitrogens with one attached hydrogen (secondary N) is 3. The minimum Gasteiger partial charge on any atom is -0.452 e. The number of hydrogen-bond acceptors (Lipinski definition) is 6. The maximum Gasteiger partial charge on any atom is 0.325 e. The number of halogens is 1. The molecule has 0 aliphatic carbocycles. The zero-order valence-electron chi connectivity index (χ0n) is 19.6. The van der Waals surface area contributed by atoms with Crippen LogP contribution in [0, 0.1) is 19.7 Å². The summed E-state index contributed by atoms with van der Waals surface area (Å²) >= 11 is 0. The first-order valence-corrected chi connectivity index (χ1v) is 11.5. The van der Waals surface area contributed by atoms with Gasteiger partial charge in [0.2, 0.25) is 0 Å². The van der Waals surface area contributed by atoms with Gasteiger partial charge in [-0.3, -0.25) is 4.98 Å². The first kappa shape index (κ1) is 22.1. The Kier molecular flexibility index (Phi) is 5.30. The van der Waals surface area contributed by atoms with E-state index in [2.05, 4.69) is 20.3 Å². The lowest BCUT2D eigenvalue weighted by Gasteiger charge is -2.38. The zero-order valence-corrected chi connectivity index (χ0v) is 19.6. The Bertz CT molecular complexity index is 1620. The fraction of sp³-hybridized carbons (Fsp3) is 0.192. The van der Waals surface area contributed by atoms with Crippen molar-refractivity contribution in [2.45, 2.75) is 26.0 Å². The van der Waals surface area contributed by atoms with Gasteiger partial charge in [-0.1, -0.05) is 18.2 Å². The van der Waals surface area contributed by atoms with E-state index in [1.165, 1.54) is 12.3 Å². The van der Waals surface area contributed by atoms with Gasteiger partial charge < -0.3 is 19.8 Å². The van der Waals surface area contributed by atoms with Crippen LogP contribution in [-0.2, 0) is 4.74 Å². The molecule has 0 spiro atoms. The number of rotatable bonds is 6. The van der Waals surface area contributed by atoms with Gasteiger partial charge in [0.1, 0.15) is 11.6 Å². The maximum absolute atomic E-state index is 14.9. The van der Waals surface area contributed by atoms with Crippen molar-refractivity contribution in [2.75, 3.05) is 11.9 Å². The Morgan fingerprint density at radius 1 is 1.11 bits per heavy atom. The van der Waals surface area contributed by atoms with E-state index in [0.29, 0.717) is 29.2 Å². The highest BCUT2D eigenvalue weighted by molar-refractivity contribution is 5.77. The van der Waals surface area contributed by atoms with E-state index in [1.807, 2.05) is 48.9 Å². The van der Waals surface area contributed by atoms with Crippen molar-refractivity contribution >= 4 is 16.9 Å². The number of anilines is 1. The standard InChI is InChI=1S/C26H23FN6O3/c1-14-22(15(2)33(32-14)17-6-4-3-5-7-17)24-19(13-35-24)29-16-8-9-20(18(27)12-16)36-21-10-11-28-25-23(21)30-26(34)31-25/h3-12,19,24,29H,13H2,1-2H3,(H2,28,30,31,34). The van der Waals surface area contributed by atoms with E-state index in [4.69, 9.17) is 14.6 Å². The number of aromatic nitrogens is 5. The molecule has 1 saturated heterocycles. The molecule has 10 heteroatoms. The van der Waals surface area contributed by atoms with Gasteiger partial charge in [-0.05, 0) is 38.1 Å². The van der Waals surface area contributed by atoms with Crippen LogP contribution in [0.25, 0.3) is 16.9 Å². The average molecular weight is 487 g/mol. The second kappa shape index (κ2) is 8.65. The van der Waals surface area contributed by atoms with Gasteiger partial charge in [0.15, 0.2) is 23.0 Å². The van der Waals surface area contributed by atoms with Gasteiger partial charge in [0, 0.05) is 35.3 Å². The number of ether oxygens (including phenoxy) is 2. The zero-order chi connectivity index (χ0) is 24.8. The average Bonchev–Trinajstić information content (AvgIpc) is 3.38. The van der Waals surface area contributed by atoms with Gasteiger partial charge in [0.05, 0.1) is 24.0 Å². The summed E-state index contributed by atoms with van der Waals surface area (Å²) in [5, 5.41) is 8.09. The van der Waals surface area contributed by atoms with Crippen LogP contribution < -0.4 is 15.7 Å². The van der Waals surface area contributed by atoms with Crippen LogP contribution in [0.5, 0.6) is 11.5 Å². The fourth-order valence-corrected chi connectivity index (χ4v) is 4.58. The lowest BCUT2D eigenvalue weighted by atomic mass is 9.96. The number of H-pyrrole nitrogens is 2. The second-order valence-electron chi connectivity index (χ2n) is 8.70. The van der Waals surface area contributed by atoms with E-state index in [1.54, 1.807) is 18.2 Å². The number of aryl methyl sites for hydroxylation is 1. The normalized spacial score (nSPS) is 17.2. The molecule has 1 fully saturated rings. The Morgan fingerprint density at radius 3 is 2.69 bits per heavy atom. The number of fused-ring (bicyclic) bond motifs is 1. The molecule has 2 unspecified atom stereocenters. The third-order valence-corrected chi connectivity index (χ3v) is 6.34. The molecule has 1 aliphatic rings. The van der Waals surface area contributed by atoms with E-state index in [-0.39, 0.29) is 17.9 Å². The Hall–Kier alpha value is -4.44. The molecule has 0 radical (unpaired) electrons. The number of hydrogen-bond donors (Lipinski definition) is 3. The van der Waals surface area contributed by atoms with Crippen LogP contribution in [-0.4, -0.2) is 37.4 Å². The SMILES string of the molecule is Cc1nn(-c2ccccc2)c(C)c1C1OCC1Nc1ccc(Oc2ccnc3[nH]c(=O)[nH]c23)c(F)c1. The second-order valence-corrected chi connectivity index (χ2v) is 8.70. The largest absolute Gasteiger partial charge is 0.452 e. The molecule has 5 aromatic rings. The summed E-state index contributed by atoms with van der Waals surface area (Å²) in [5.41, 5.74) is 4.84. The molecule has 0 bridgehead atoms. The molecule has 2 atom stereocenters. The first-order chi connectivity index (χ1) is 17.5. The van der Waals surface area contributed by atoms with Crippen LogP contribution in [0.3, 0.4) is 0 Å². The molecule has 182 valence electrons. The predicted octanol–water partition coefficient (Wildman–Crippen LogP) is 4.54. The smallest absolute Gasteiger partial charge is 0.325 e. The van der Waals surface area contributed by atoms with Gasteiger partial charge in [0.25, 0.3) is 0 Å². The third kappa shape index (κ3) is 3.81. The molecular formula is C26H23FN6O3. The minimum absolute atomic E-state index is 0.0346. The number of nitrogens with zero attached hydrogens (tertiary/aromatic N) is 3. The summed E-state index contributed by atoms with van der Waals surface area (Å²) in [6.45, 7) is 4.50. The van der Waals surface area contributed by atoms with E-state index in [9.17, 15) is 9.18 Å². The van der Waals surface area contributed by atoms with Crippen molar-refractivity contribution in [2.24, 2.45) is 0 Å². The van der Waals surface area contributed by atoms with Gasteiger partial charge in [-0.15, -0.1) is 0 Å². The molecule has 1 aliphatic heterocycles. The molecule has 9 nitrogen and oxygen atoms in total. The predicted molar refractivity (Wildman–Crippen MR) is 132 cm³/mol. The molecule has 6 rings (SSSR count). The van der Waals surface area contributed by atoms with Crippen LogP contribution in [0.15, 0.2) is 65.6 Å². The Morgan fingerprint density at radius 2 is 1.94 bits per heavy atom. The fourth-order valence-electron chi connectivity index (χ4n) is 4.58. The summed E-state index contributed by atoms with van der Waals surface area (Å²) in [7, 11) is 0. The highest BCUT2D eigenvalue weighted by Gasteiger charge is 2.37. The summed E-state index contributed by atoms with van der Waals surface area (Å²) in [6.07, 6.45) is 1.28. The minimum atomic E-state index is -0.538. The van der Waals surface area contributed by atoms with Gasteiger partial charge >= 0.3 is 5.69 Å². The first-order valence-electron chi connectivity index (χ1n) is 11.5. The Balaban J connectivity index is 1.20. The van der Waals surface area contributed by atoms with E-state index < -0.39 is 11.5 Å². The lowest BCUT2D eigenvalue weighted by Crippen LogP contribution is -2.44. The molecule has 0 amide bonds. The quantitative estimate of drug-likeness (QED) is 0.325. The van der Waals surface area contributed by atoms with Crippen molar-refractivity contribution in [3.05, 3.63) is 94.0 Å². The lowest BCUT2D eigenvalue weighted by molar-refractivity contribution is -0.0675. The molecule has 4 heterocycles. The molecule has 3 aromatic heterocycles. The molecule has 36 heavy (non-hydrogen) atoms. The van der Waals surface area contributed by atoms with E-state index >= 15 is 0 Å². The van der Waals surface area contributed by atoms with Crippen molar-refractivity contribution in [3.8, 4) is 17.2 Å². The summed E-state index contributed by atoms with van der Waals surface area (Å²) in [4.78, 5) is 20.8. The molecular weight excluding hydrogens is 463 g/mol. The highest BCUT2D eigenvalue weighted by Crippen LogP contribution is 2.37. The molecule has 0 saturated carbocycles. The van der Waals surface area contributed by atoms with Crippen molar-refractivity contribution in [1.82, 2.24) is 24.7 Å². The van der Waals surface area contributed by atoms with Gasteiger partial charge in [-0.25, -0.2) is 18.9 Å².